The molecule has 0 atom stereocenters. The number of rotatable bonds is 1. The summed E-state index contributed by atoms with van der Waals surface area (Å²) in [5.74, 6) is 0.377. The van der Waals surface area contributed by atoms with Gasteiger partial charge in [0.05, 0.1) is 10.9 Å². The standard InChI is InChI=1S/C10H10N4O2/c1-6-12-8-5-3-2-4-7(8)9(15)14(6)13-10(11)16/h2-5H,1H3,(H3,11,13,16). The molecule has 2 amide bonds. The van der Waals surface area contributed by atoms with Crippen molar-refractivity contribution < 1.29 is 4.79 Å². The van der Waals surface area contributed by atoms with Crippen LogP contribution in [0.4, 0.5) is 4.79 Å². The van der Waals surface area contributed by atoms with Gasteiger partial charge in [0, 0.05) is 0 Å². The lowest BCUT2D eigenvalue weighted by atomic mass is 10.2. The Morgan fingerprint density at radius 1 is 1.44 bits per heavy atom. The number of hydrogen-bond donors (Lipinski definition) is 2. The molecular formula is C10H10N4O2. The highest BCUT2D eigenvalue weighted by atomic mass is 16.2. The van der Waals surface area contributed by atoms with Crippen molar-refractivity contribution in [1.29, 1.82) is 0 Å². The fraction of sp³-hybridized carbons (Fsp3) is 0.100. The van der Waals surface area contributed by atoms with E-state index in [1.165, 1.54) is 0 Å². The first kappa shape index (κ1) is 10.2. The fourth-order valence-electron chi connectivity index (χ4n) is 1.49. The van der Waals surface area contributed by atoms with Crippen LogP contribution in [0, 0.1) is 6.92 Å². The maximum atomic E-state index is 11.9. The van der Waals surface area contributed by atoms with Crippen molar-refractivity contribution in [2.24, 2.45) is 5.73 Å². The lowest BCUT2D eigenvalue weighted by molar-refractivity contribution is 0.256. The maximum Gasteiger partial charge on any atom is 0.331 e. The molecule has 0 radical (unpaired) electrons. The van der Waals surface area contributed by atoms with Crippen molar-refractivity contribution in [3.8, 4) is 0 Å². The van der Waals surface area contributed by atoms with Crippen molar-refractivity contribution in [3.05, 3.63) is 40.4 Å². The van der Waals surface area contributed by atoms with E-state index in [0.717, 1.165) is 4.68 Å². The second kappa shape index (κ2) is 3.65. The third-order valence-corrected chi connectivity index (χ3v) is 2.17. The van der Waals surface area contributed by atoms with Gasteiger partial charge in [0.25, 0.3) is 5.56 Å². The van der Waals surface area contributed by atoms with E-state index in [0.29, 0.717) is 16.7 Å². The van der Waals surface area contributed by atoms with E-state index >= 15 is 0 Å². The van der Waals surface area contributed by atoms with Crippen LogP contribution in [0.5, 0.6) is 0 Å². The fourth-order valence-corrected chi connectivity index (χ4v) is 1.49. The van der Waals surface area contributed by atoms with Gasteiger partial charge in [-0.15, -0.1) is 0 Å². The van der Waals surface area contributed by atoms with E-state index in [-0.39, 0.29) is 5.56 Å². The average molecular weight is 218 g/mol. The zero-order valence-electron chi connectivity index (χ0n) is 8.60. The molecule has 0 fully saturated rings. The Morgan fingerprint density at radius 2 is 2.12 bits per heavy atom. The van der Waals surface area contributed by atoms with E-state index in [2.05, 4.69) is 10.4 Å². The smallest absolute Gasteiger partial charge is 0.331 e. The van der Waals surface area contributed by atoms with Crippen LogP contribution >= 0.6 is 0 Å². The number of carbonyl (C=O) groups excluding carboxylic acids is 1. The molecule has 82 valence electrons. The van der Waals surface area contributed by atoms with Gasteiger partial charge in [0.15, 0.2) is 0 Å². The first-order valence-corrected chi connectivity index (χ1v) is 4.64. The normalized spacial score (nSPS) is 10.3. The van der Waals surface area contributed by atoms with Gasteiger partial charge < -0.3 is 5.73 Å². The first-order chi connectivity index (χ1) is 7.59. The number of hydrogen-bond acceptors (Lipinski definition) is 3. The largest absolute Gasteiger partial charge is 0.350 e. The molecule has 0 aliphatic rings. The van der Waals surface area contributed by atoms with E-state index in [4.69, 9.17) is 5.73 Å². The Hall–Kier alpha value is -2.37. The van der Waals surface area contributed by atoms with Crippen LogP contribution in [0.25, 0.3) is 10.9 Å². The molecule has 16 heavy (non-hydrogen) atoms. The molecule has 3 N–H and O–H groups in total. The van der Waals surface area contributed by atoms with Crippen molar-refractivity contribution in [2.45, 2.75) is 6.92 Å². The van der Waals surface area contributed by atoms with Crippen molar-refractivity contribution >= 4 is 16.9 Å². The molecule has 0 aliphatic carbocycles. The summed E-state index contributed by atoms with van der Waals surface area (Å²) >= 11 is 0. The molecule has 0 saturated carbocycles. The van der Waals surface area contributed by atoms with Crippen LogP contribution < -0.4 is 16.7 Å². The third kappa shape index (κ3) is 1.60. The van der Waals surface area contributed by atoms with Gasteiger partial charge in [-0.25, -0.2) is 19.9 Å². The molecule has 0 unspecified atom stereocenters. The first-order valence-electron chi connectivity index (χ1n) is 4.64. The second-order valence-electron chi connectivity index (χ2n) is 3.29. The number of para-hydroxylation sites is 1. The van der Waals surface area contributed by atoms with E-state index in [1.54, 1.807) is 31.2 Å². The highest BCUT2D eigenvalue weighted by Crippen LogP contribution is 2.06. The maximum absolute atomic E-state index is 11.9. The number of fused-ring (bicyclic) bond motifs is 1. The van der Waals surface area contributed by atoms with Crippen LogP contribution in [0.1, 0.15) is 5.82 Å². The number of aryl methyl sites for hydroxylation is 1. The molecule has 2 rings (SSSR count). The minimum absolute atomic E-state index is 0.345. The van der Waals surface area contributed by atoms with Crippen LogP contribution in [0.2, 0.25) is 0 Å². The number of benzene rings is 1. The Kier molecular flexibility index (Phi) is 2.32. The number of urea groups is 1. The second-order valence-corrected chi connectivity index (χ2v) is 3.29. The minimum atomic E-state index is -0.803. The minimum Gasteiger partial charge on any atom is -0.350 e. The van der Waals surface area contributed by atoms with Crippen LogP contribution in [0.3, 0.4) is 0 Å². The number of nitrogens with one attached hydrogen (secondary N) is 1. The molecule has 1 aromatic carbocycles. The highest BCUT2D eigenvalue weighted by molar-refractivity contribution is 5.81. The number of primary amides is 1. The Morgan fingerprint density at radius 3 is 2.81 bits per heavy atom. The molecule has 1 heterocycles. The molecule has 0 aliphatic heterocycles. The molecule has 6 heteroatoms. The van der Waals surface area contributed by atoms with Gasteiger partial charge in [0.1, 0.15) is 5.82 Å². The summed E-state index contributed by atoms with van der Waals surface area (Å²) in [6.45, 7) is 1.61. The SMILES string of the molecule is Cc1nc2ccccc2c(=O)n1NC(N)=O. The summed E-state index contributed by atoms with van der Waals surface area (Å²) in [7, 11) is 0. The number of amides is 2. The third-order valence-electron chi connectivity index (χ3n) is 2.17. The van der Waals surface area contributed by atoms with Crippen molar-refractivity contribution in [2.75, 3.05) is 5.43 Å². The van der Waals surface area contributed by atoms with Gasteiger partial charge in [-0.05, 0) is 19.1 Å². The van der Waals surface area contributed by atoms with Crippen LogP contribution in [0.15, 0.2) is 29.1 Å². The quantitative estimate of drug-likeness (QED) is 0.722. The van der Waals surface area contributed by atoms with Gasteiger partial charge in [0.2, 0.25) is 0 Å². The lowest BCUT2D eigenvalue weighted by Gasteiger charge is -2.09. The molecule has 2 aromatic rings. The number of nitrogens with zero attached hydrogens (tertiary/aromatic N) is 2. The Bertz CT molecular complexity index is 618. The zero-order chi connectivity index (χ0) is 11.7. The van der Waals surface area contributed by atoms with Gasteiger partial charge >= 0.3 is 6.03 Å². The van der Waals surface area contributed by atoms with E-state index in [9.17, 15) is 9.59 Å². The molecule has 1 aromatic heterocycles. The van der Waals surface area contributed by atoms with Crippen LogP contribution in [-0.2, 0) is 0 Å². The number of carbonyl (C=O) groups is 1. The van der Waals surface area contributed by atoms with Crippen molar-refractivity contribution in [3.63, 3.8) is 0 Å². The van der Waals surface area contributed by atoms with E-state index < -0.39 is 6.03 Å². The Balaban J connectivity index is 2.76. The number of aromatic nitrogens is 2. The predicted molar refractivity (Wildman–Crippen MR) is 59.7 cm³/mol. The summed E-state index contributed by atoms with van der Waals surface area (Å²) in [6, 6.07) is 6.10. The number of nitrogens with two attached hydrogens (primary N) is 1. The monoisotopic (exact) mass is 218 g/mol. The summed E-state index contributed by atoms with van der Waals surface area (Å²) in [5, 5.41) is 0.432. The average Bonchev–Trinajstić information content (AvgIpc) is 2.24. The van der Waals surface area contributed by atoms with Crippen LogP contribution in [-0.4, -0.2) is 15.7 Å². The topological polar surface area (TPSA) is 90.0 Å². The predicted octanol–water partition coefficient (Wildman–Crippen LogP) is 0.327. The highest BCUT2D eigenvalue weighted by Gasteiger charge is 2.08. The summed E-state index contributed by atoms with van der Waals surface area (Å²) in [4.78, 5) is 26.9. The molecular weight excluding hydrogens is 208 g/mol. The Labute approximate surface area is 90.7 Å². The van der Waals surface area contributed by atoms with Gasteiger partial charge in [-0.1, -0.05) is 12.1 Å². The molecule has 0 saturated heterocycles. The summed E-state index contributed by atoms with van der Waals surface area (Å²) in [6.07, 6.45) is 0. The van der Waals surface area contributed by atoms with Gasteiger partial charge in [-0.3, -0.25) is 4.79 Å². The van der Waals surface area contributed by atoms with Gasteiger partial charge in [-0.2, -0.15) is 0 Å². The summed E-state index contributed by atoms with van der Waals surface area (Å²) in [5.41, 5.74) is 7.43. The van der Waals surface area contributed by atoms with E-state index in [1.807, 2.05) is 0 Å². The molecule has 0 bridgehead atoms. The summed E-state index contributed by atoms with van der Waals surface area (Å²) < 4.78 is 1.03. The van der Waals surface area contributed by atoms with Crippen molar-refractivity contribution in [1.82, 2.24) is 9.66 Å². The lowest BCUT2D eigenvalue weighted by Crippen LogP contribution is -2.38. The molecule has 0 spiro atoms. The molecule has 6 nitrogen and oxygen atoms in total. The zero-order valence-corrected chi connectivity index (χ0v) is 8.60.